The van der Waals surface area contributed by atoms with Crippen molar-refractivity contribution < 1.29 is 19.4 Å². The lowest BCUT2D eigenvalue weighted by atomic mass is 10.00. The van der Waals surface area contributed by atoms with Gasteiger partial charge in [-0.25, -0.2) is 4.79 Å². The van der Waals surface area contributed by atoms with Gasteiger partial charge in [-0.05, 0) is 33.6 Å². The number of nitrogens with zero attached hydrogens (tertiary/aromatic N) is 1. The molecule has 1 rings (SSSR count). The molecule has 1 saturated heterocycles. The largest absolute Gasteiger partial charge is 0.444 e. The van der Waals surface area contributed by atoms with Crippen molar-refractivity contribution in [2.75, 3.05) is 13.6 Å². The standard InChI is InChI=1S/C12H22N2O4/c1-12(2,3)18-11(17)14-7-8(15)5-6-9(14)10(16)13-4/h8-9,15H,5-7H2,1-4H3,(H,13,16). The van der Waals surface area contributed by atoms with Crippen LogP contribution >= 0.6 is 0 Å². The fourth-order valence-electron chi connectivity index (χ4n) is 1.91. The van der Waals surface area contributed by atoms with Crippen LogP contribution in [0.3, 0.4) is 0 Å². The number of β-amino-alcohol motifs (C(OH)–C–C–N with tert-alkyl or cyclic N) is 1. The number of rotatable bonds is 1. The number of amides is 2. The minimum atomic E-state index is -0.618. The zero-order valence-electron chi connectivity index (χ0n) is 11.4. The molecule has 0 aromatic rings. The number of likely N-dealkylation sites (N-methyl/N-ethyl adjacent to an activating group) is 1. The van der Waals surface area contributed by atoms with Crippen LogP contribution in [0.2, 0.25) is 0 Å². The fourth-order valence-corrected chi connectivity index (χ4v) is 1.91. The minimum Gasteiger partial charge on any atom is -0.444 e. The molecular weight excluding hydrogens is 236 g/mol. The molecule has 2 atom stereocenters. The molecule has 0 aliphatic carbocycles. The summed E-state index contributed by atoms with van der Waals surface area (Å²) in [5, 5.41) is 12.1. The first-order valence-electron chi connectivity index (χ1n) is 6.14. The highest BCUT2D eigenvalue weighted by Gasteiger charge is 2.37. The number of carbonyl (C=O) groups excluding carboxylic acids is 2. The lowest BCUT2D eigenvalue weighted by Crippen LogP contribution is -2.55. The molecule has 6 nitrogen and oxygen atoms in total. The Morgan fingerprint density at radius 1 is 1.33 bits per heavy atom. The SMILES string of the molecule is CNC(=O)C1CCC(O)CN1C(=O)OC(C)(C)C. The van der Waals surface area contributed by atoms with E-state index in [1.54, 1.807) is 20.8 Å². The minimum absolute atomic E-state index is 0.132. The number of ether oxygens (including phenoxy) is 1. The van der Waals surface area contributed by atoms with Crippen LogP contribution in [0.25, 0.3) is 0 Å². The Kier molecular flexibility index (Phi) is 4.56. The van der Waals surface area contributed by atoms with Gasteiger partial charge in [0.2, 0.25) is 5.91 Å². The molecule has 0 spiro atoms. The molecule has 1 aliphatic heterocycles. The van der Waals surface area contributed by atoms with Gasteiger partial charge in [-0.3, -0.25) is 9.69 Å². The summed E-state index contributed by atoms with van der Waals surface area (Å²) in [5.41, 5.74) is -0.618. The number of hydrogen-bond acceptors (Lipinski definition) is 4. The van der Waals surface area contributed by atoms with E-state index in [1.165, 1.54) is 11.9 Å². The van der Waals surface area contributed by atoms with Crippen LogP contribution < -0.4 is 5.32 Å². The van der Waals surface area contributed by atoms with Gasteiger partial charge in [0.1, 0.15) is 11.6 Å². The average molecular weight is 258 g/mol. The van der Waals surface area contributed by atoms with Gasteiger partial charge < -0.3 is 15.2 Å². The zero-order chi connectivity index (χ0) is 13.9. The predicted molar refractivity (Wildman–Crippen MR) is 66.0 cm³/mol. The van der Waals surface area contributed by atoms with Gasteiger partial charge in [0, 0.05) is 7.05 Å². The third kappa shape index (κ3) is 3.87. The summed E-state index contributed by atoms with van der Waals surface area (Å²) in [6.07, 6.45) is -0.203. The molecule has 0 bridgehead atoms. The first-order valence-corrected chi connectivity index (χ1v) is 6.14. The van der Waals surface area contributed by atoms with Gasteiger partial charge in [-0.1, -0.05) is 0 Å². The third-order valence-electron chi connectivity index (χ3n) is 2.73. The van der Waals surface area contributed by atoms with Gasteiger partial charge >= 0.3 is 6.09 Å². The summed E-state index contributed by atoms with van der Waals surface area (Å²) in [7, 11) is 1.53. The Hall–Kier alpha value is -1.30. The molecule has 1 heterocycles. The van der Waals surface area contributed by atoms with Gasteiger partial charge in [-0.15, -0.1) is 0 Å². The second kappa shape index (κ2) is 5.56. The van der Waals surface area contributed by atoms with Crippen molar-refractivity contribution in [1.82, 2.24) is 10.2 Å². The molecule has 6 heteroatoms. The molecule has 1 fully saturated rings. The van der Waals surface area contributed by atoms with E-state index >= 15 is 0 Å². The summed E-state index contributed by atoms with van der Waals surface area (Å²) < 4.78 is 5.25. The van der Waals surface area contributed by atoms with E-state index in [-0.39, 0.29) is 12.5 Å². The van der Waals surface area contributed by atoms with Crippen molar-refractivity contribution >= 4 is 12.0 Å². The normalized spacial score (nSPS) is 24.6. The Morgan fingerprint density at radius 2 is 1.94 bits per heavy atom. The molecule has 18 heavy (non-hydrogen) atoms. The molecule has 104 valence electrons. The van der Waals surface area contributed by atoms with Crippen LogP contribution in [0.1, 0.15) is 33.6 Å². The molecule has 0 radical (unpaired) electrons. The van der Waals surface area contributed by atoms with E-state index in [1.807, 2.05) is 0 Å². The quantitative estimate of drug-likeness (QED) is 0.717. The van der Waals surface area contributed by atoms with Crippen molar-refractivity contribution in [2.45, 2.75) is 51.4 Å². The van der Waals surface area contributed by atoms with E-state index in [2.05, 4.69) is 5.32 Å². The summed E-state index contributed by atoms with van der Waals surface area (Å²) in [4.78, 5) is 25.0. The average Bonchev–Trinajstić information content (AvgIpc) is 2.25. The number of piperidine rings is 1. The highest BCUT2D eigenvalue weighted by atomic mass is 16.6. The molecule has 2 amide bonds. The highest BCUT2D eigenvalue weighted by Crippen LogP contribution is 2.20. The smallest absolute Gasteiger partial charge is 0.411 e. The molecule has 2 N–H and O–H groups in total. The van der Waals surface area contributed by atoms with Crippen molar-refractivity contribution in [3.63, 3.8) is 0 Å². The number of hydrogen-bond donors (Lipinski definition) is 2. The van der Waals surface area contributed by atoms with Crippen LogP contribution in [0.4, 0.5) is 4.79 Å². The summed E-state index contributed by atoms with van der Waals surface area (Å²) in [6.45, 7) is 5.42. The number of carbonyl (C=O) groups is 2. The van der Waals surface area contributed by atoms with E-state index in [0.29, 0.717) is 12.8 Å². The summed E-state index contributed by atoms with van der Waals surface area (Å²) >= 11 is 0. The molecule has 2 unspecified atom stereocenters. The number of likely N-dealkylation sites (tertiary alicyclic amines) is 1. The summed E-state index contributed by atoms with van der Waals surface area (Å²) in [5.74, 6) is -0.229. The van der Waals surface area contributed by atoms with Crippen molar-refractivity contribution in [2.24, 2.45) is 0 Å². The molecule has 0 saturated carbocycles. The van der Waals surface area contributed by atoms with E-state index < -0.39 is 23.8 Å². The van der Waals surface area contributed by atoms with Crippen LogP contribution in [0, 0.1) is 0 Å². The third-order valence-corrected chi connectivity index (χ3v) is 2.73. The Morgan fingerprint density at radius 3 is 2.44 bits per heavy atom. The van der Waals surface area contributed by atoms with E-state index in [4.69, 9.17) is 4.74 Å². The topological polar surface area (TPSA) is 78.9 Å². The predicted octanol–water partition coefficient (Wildman–Crippen LogP) is 0.493. The Labute approximate surface area is 107 Å². The van der Waals surface area contributed by atoms with Gasteiger partial charge in [0.25, 0.3) is 0 Å². The van der Waals surface area contributed by atoms with Crippen molar-refractivity contribution in [3.8, 4) is 0 Å². The van der Waals surface area contributed by atoms with Crippen molar-refractivity contribution in [1.29, 1.82) is 0 Å². The van der Waals surface area contributed by atoms with Crippen LogP contribution in [-0.4, -0.2) is 53.3 Å². The van der Waals surface area contributed by atoms with Crippen molar-refractivity contribution in [3.05, 3.63) is 0 Å². The zero-order valence-corrected chi connectivity index (χ0v) is 11.4. The highest BCUT2D eigenvalue weighted by molar-refractivity contribution is 5.85. The monoisotopic (exact) mass is 258 g/mol. The molecule has 1 aliphatic rings. The van der Waals surface area contributed by atoms with Crippen LogP contribution in [-0.2, 0) is 9.53 Å². The lowest BCUT2D eigenvalue weighted by Gasteiger charge is -2.37. The number of nitrogens with one attached hydrogen (secondary N) is 1. The molecule has 0 aromatic carbocycles. The van der Waals surface area contributed by atoms with Gasteiger partial charge in [-0.2, -0.15) is 0 Å². The van der Waals surface area contributed by atoms with Gasteiger partial charge in [0.05, 0.1) is 12.6 Å². The Bertz CT molecular complexity index is 325. The first-order chi connectivity index (χ1) is 8.24. The van der Waals surface area contributed by atoms with Crippen LogP contribution in [0.5, 0.6) is 0 Å². The molecule has 0 aromatic heterocycles. The second-order valence-electron chi connectivity index (χ2n) is 5.49. The fraction of sp³-hybridized carbons (Fsp3) is 0.833. The number of aliphatic hydroxyl groups excluding tert-OH is 1. The number of aliphatic hydroxyl groups is 1. The molecular formula is C12H22N2O4. The maximum Gasteiger partial charge on any atom is 0.411 e. The second-order valence-corrected chi connectivity index (χ2v) is 5.49. The van der Waals surface area contributed by atoms with E-state index in [0.717, 1.165) is 0 Å². The first kappa shape index (κ1) is 14.8. The maximum atomic E-state index is 12.0. The summed E-state index contributed by atoms with van der Waals surface area (Å²) in [6, 6.07) is -0.562. The maximum absolute atomic E-state index is 12.0. The van der Waals surface area contributed by atoms with Gasteiger partial charge in [0.15, 0.2) is 0 Å². The van der Waals surface area contributed by atoms with E-state index in [9.17, 15) is 14.7 Å². The Balaban J connectivity index is 2.78. The van der Waals surface area contributed by atoms with Crippen LogP contribution in [0.15, 0.2) is 0 Å². The lowest BCUT2D eigenvalue weighted by molar-refractivity contribution is -0.128.